The predicted molar refractivity (Wildman–Crippen MR) is 141 cm³/mol. The Kier molecular flexibility index (Phi) is 6.93. The molecule has 0 N–H and O–H groups in total. The van der Waals surface area contributed by atoms with Gasteiger partial charge in [0.15, 0.2) is 5.78 Å². The van der Waals surface area contributed by atoms with E-state index in [0.717, 1.165) is 6.07 Å². The molecule has 3 aliphatic rings. The van der Waals surface area contributed by atoms with Crippen molar-refractivity contribution in [1.82, 2.24) is 10.0 Å². The fraction of sp³-hybridized carbons (Fsp3) is 0.333. The van der Waals surface area contributed by atoms with Gasteiger partial charge in [-0.15, -0.1) is 0 Å². The summed E-state index contributed by atoms with van der Waals surface area (Å²) in [5, 5.41) is 13.4. The topological polar surface area (TPSA) is 118 Å². The summed E-state index contributed by atoms with van der Waals surface area (Å²) >= 11 is 19.3. The van der Waals surface area contributed by atoms with Crippen molar-refractivity contribution in [3.8, 4) is 0 Å². The molecular formula is C24H17Br2Cl2N3O6. The molecule has 0 spiro atoms. The molecule has 13 heteroatoms. The summed E-state index contributed by atoms with van der Waals surface area (Å²) in [4.78, 5) is 65.1. The number of alkyl halides is 2. The molecule has 192 valence electrons. The number of hydrazine groups is 1. The number of hydrogen-bond acceptors (Lipinski definition) is 6. The van der Waals surface area contributed by atoms with E-state index in [-0.39, 0.29) is 42.7 Å². The smallest absolute Gasteiger partial charge is 0.282 e. The molecule has 1 aliphatic heterocycles. The number of carbonyl (C=O) groups is 4. The number of ketones is 1. The number of benzene rings is 2. The fourth-order valence-corrected chi connectivity index (χ4v) is 8.08. The van der Waals surface area contributed by atoms with Gasteiger partial charge in [-0.25, -0.2) is 5.01 Å². The maximum atomic E-state index is 13.7. The Morgan fingerprint density at radius 3 is 2.16 bits per heavy atom. The van der Waals surface area contributed by atoms with Gasteiger partial charge in [-0.1, -0.05) is 67.2 Å². The molecule has 6 atom stereocenters. The maximum absolute atomic E-state index is 13.7. The van der Waals surface area contributed by atoms with E-state index < -0.39 is 52.5 Å². The van der Waals surface area contributed by atoms with Gasteiger partial charge >= 0.3 is 0 Å². The van der Waals surface area contributed by atoms with E-state index in [2.05, 4.69) is 31.9 Å². The second kappa shape index (κ2) is 9.76. The molecule has 0 unspecified atom stereocenters. The first-order valence-electron chi connectivity index (χ1n) is 11.2. The van der Waals surface area contributed by atoms with Crippen LogP contribution in [0.5, 0.6) is 0 Å². The lowest BCUT2D eigenvalue weighted by molar-refractivity contribution is -0.385. The highest BCUT2D eigenvalue weighted by Crippen LogP contribution is 2.60. The first-order valence-corrected chi connectivity index (χ1v) is 13.8. The molecule has 3 amide bonds. The number of imide groups is 1. The van der Waals surface area contributed by atoms with Crippen molar-refractivity contribution in [2.24, 2.45) is 23.7 Å². The van der Waals surface area contributed by atoms with Crippen LogP contribution in [0, 0.1) is 33.8 Å². The number of amides is 3. The highest BCUT2D eigenvalue weighted by Gasteiger charge is 2.67. The monoisotopic (exact) mass is 671 g/mol. The molecule has 1 heterocycles. The minimum absolute atomic E-state index is 0.0202. The van der Waals surface area contributed by atoms with Crippen LogP contribution in [0.15, 0.2) is 42.5 Å². The Morgan fingerprint density at radius 2 is 1.59 bits per heavy atom. The van der Waals surface area contributed by atoms with Crippen LogP contribution in [0.3, 0.4) is 0 Å². The molecule has 2 aromatic rings. The lowest BCUT2D eigenvalue weighted by atomic mass is 9.81. The van der Waals surface area contributed by atoms with Gasteiger partial charge in [-0.2, -0.15) is 5.01 Å². The average molecular weight is 674 g/mol. The van der Waals surface area contributed by atoms with Crippen LogP contribution in [-0.2, 0) is 9.59 Å². The fourth-order valence-electron chi connectivity index (χ4n) is 5.69. The quantitative estimate of drug-likeness (QED) is 0.141. The minimum Gasteiger partial charge on any atom is -0.292 e. The van der Waals surface area contributed by atoms with Gasteiger partial charge in [0.2, 0.25) is 0 Å². The van der Waals surface area contributed by atoms with Crippen molar-refractivity contribution in [2.75, 3.05) is 6.54 Å². The van der Waals surface area contributed by atoms with Crippen LogP contribution in [0.4, 0.5) is 5.69 Å². The zero-order chi connectivity index (χ0) is 26.8. The van der Waals surface area contributed by atoms with Gasteiger partial charge in [0.05, 0.1) is 21.8 Å². The van der Waals surface area contributed by atoms with E-state index in [1.165, 1.54) is 36.4 Å². The summed E-state index contributed by atoms with van der Waals surface area (Å²) < 4.78 is 0. The molecule has 2 aromatic carbocycles. The lowest BCUT2D eigenvalue weighted by Gasteiger charge is -2.30. The molecule has 5 rings (SSSR count). The minimum atomic E-state index is -1.02. The van der Waals surface area contributed by atoms with Crippen LogP contribution in [0.2, 0.25) is 10.0 Å². The Bertz CT molecular complexity index is 1340. The Balaban J connectivity index is 1.56. The number of fused-ring (bicyclic) bond motifs is 5. The van der Waals surface area contributed by atoms with Crippen molar-refractivity contribution in [1.29, 1.82) is 0 Å². The van der Waals surface area contributed by atoms with Gasteiger partial charge in [-0.3, -0.25) is 29.3 Å². The Hall–Kier alpha value is -2.34. The number of hydrogen-bond donors (Lipinski definition) is 0. The van der Waals surface area contributed by atoms with Gasteiger partial charge < -0.3 is 0 Å². The number of nitro groups is 1. The highest BCUT2D eigenvalue weighted by molar-refractivity contribution is 9.12. The molecule has 2 saturated carbocycles. The second-order valence-corrected chi connectivity index (χ2v) is 12.1. The summed E-state index contributed by atoms with van der Waals surface area (Å²) in [6, 6.07) is 9.32. The van der Waals surface area contributed by atoms with Gasteiger partial charge in [-0.05, 0) is 42.5 Å². The van der Waals surface area contributed by atoms with Crippen LogP contribution in [0.25, 0.3) is 0 Å². The number of Topliss-reactive ketones (excluding diaryl/α,β-unsaturated/α-hetero) is 1. The lowest BCUT2D eigenvalue weighted by Crippen LogP contribution is -2.53. The van der Waals surface area contributed by atoms with E-state index in [4.69, 9.17) is 23.2 Å². The van der Waals surface area contributed by atoms with Crippen molar-refractivity contribution in [3.05, 3.63) is 73.8 Å². The van der Waals surface area contributed by atoms with Gasteiger partial charge in [0, 0.05) is 26.3 Å². The third-order valence-electron chi connectivity index (χ3n) is 7.30. The first kappa shape index (κ1) is 26.3. The summed E-state index contributed by atoms with van der Waals surface area (Å²) in [6.45, 7) is -0.742. The summed E-state index contributed by atoms with van der Waals surface area (Å²) in [5.41, 5.74) is -0.860. The van der Waals surface area contributed by atoms with E-state index in [1.54, 1.807) is 0 Å². The molecule has 9 nitrogen and oxygen atoms in total. The first-order chi connectivity index (χ1) is 17.5. The number of carbonyl (C=O) groups excluding carboxylic acids is 4. The number of rotatable bonds is 6. The van der Waals surface area contributed by atoms with Gasteiger partial charge in [0.25, 0.3) is 23.4 Å². The second-order valence-electron chi connectivity index (χ2n) is 9.18. The molecule has 2 bridgehead atoms. The number of para-hydroxylation sites is 1. The Morgan fingerprint density at radius 1 is 1.00 bits per heavy atom. The summed E-state index contributed by atoms with van der Waals surface area (Å²) in [6.07, 6.45) is 0.671. The molecule has 0 radical (unpaired) electrons. The van der Waals surface area contributed by atoms with Crippen LogP contribution < -0.4 is 0 Å². The van der Waals surface area contributed by atoms with E-state index >= 15 is 0 Å². The van der Waals surface area contributed by atoms with Crippen molar-refractivity contribution >= 4 is 84.3 Å². The number of nitro benzene ring substituents is 1. The molecule has 1 saturated heterocycles. The molecule has 0 aromatic heterocycles. The van der Waals surface area contributed by atoms with E-state index in [0.29, 0.717) is 16.4 Å². The van der Waals surface area contributed by atoms with Gasteiger partial charge in [0.1, 0.15) is 12.1 Å². The van der Waals surface area contributed by atoms with Crippen LogP contribution >= 0.6 is 55.1 Å². The summed E-state index contributed by atoms with van der Waals surface area (Å²) in [5.74, 6) is -4.49. The van der Waals surface area contributed by atoms with Crippen molar-refractivity contribution in [3.63, 3.8) is 0 Å². The standard InChI is InChI=1S/C24H17Br2Cl2N3O6/c25-20-13-8-14(21(20)26)19-18(13)23(34)30(24(19)35)29(9-17(32)11-6-5-10(27)7-15(11)28)22(33)12-3-1-2-4-16(12)31(36)37/h1-7,13-14,18-21H,8-9H2/t13-,14-,18-,19-,20-,21+/m1/s1. The summed E-state index contributed by atoms with van der Waals surface area (Å²) in [7, 11) is 0. The molecular weight excluding hydrogens is 657 g/mol. The normalized spacial score (nSPS) is 27.9. The van der Waals surface area contributed by atoms with Crippen LogP contribution in [0.1, 0.15) is 27.1 Å². The van der Waals surface area contributed by atoms with Crippen LogP contribution in [-0.4, -0.2) is 54.6 Å². The predicted octanol–water partition coefficient (Wildman–Crippen LogP) is 4.92. The highest BCUT2D eigenvalue weighted by atomic mass is 79.9. The zero-order valence-corrected chi connectivity index (χ0v) is 23.4. The number of nitrogens with zero attached hydrogens (tertiary/aromatic N) is 3. The Labute approximate surface area is 237 Å². The van der Waals surface area contributed by atoms with E-state index in [9.17, 15) is 29.3 Å². The zero-order valence-electron chi connectivity index (χ0n) is 18.7. The van der Waals surface area contributed by atoms with E-state index in [1.807, 2.05) is 0 Å². The molecule has 37 heavy (non-hydrogen) atoms. The maximum Gasteiger partial charge on any atom is 0.282 e. The molecule has 3 fully saturated rings. The largest absolute Gasteiger partial charge is 0.292 e. The van der Waals surface area contributed by atoms with Crippen molar-refractivity contribution in [2.45, 2.75) is 16.1 Å². The number of halogens is 4. The molecule has 2 aliphatic carbocycles. The SMILES string of the molecule is O=C(CN(C(=O)c1ccccc1[N+](=O)[O-])N1C(=O)[C@@H]2[C@H]3C[C@@H]([C@@H](Br)[C@H]3Br)[C@H]2C1=O)c1ccc(Cl)cc1Cl. The van der Waals surface area contributed by atoms with Crippen molar-refractivity contribution < 1.29 is 24.1 Å². The average Bonchev–Trinajstić information content (AvgIpc) is 3.47. The third-order valence-corrected chi connectivity index (χ3v) is 11.1. The third kappa shape index (κ3) is 4.20.